The summed E-state index contributed by atoms with van der Waals surface area (Å²) in [6.07, 6.45) is 1.71. The van der Waals surface area contributed by atoms with Gasteiger partial charge in [-0.25, -0.2) is 0 Å². The van der Waals surface area contributed by atoms with Gasteiger partial charge in [0.25, 0.3) is 0 Å². The first kappa shape index (κ1) is 28.7. The first-order chi connectivity index (χ1) is 18.1. The maximum Gasteiger partial charge on any atom is 0.225 e. The quantitative estimate of drug-likeness (QED) is 0.502. The second-order valence-electron chi connectivity index (χ2n) is 10.5. The van der Waals surface area contributed by atoms with Gasteiger partial charge >= 0.3 is 0 Å². The van der Waals surface area contributed by atoms with Gasteiger partial charge in [-0.05, 0) is 61.6 Å². The number of ether oxygens (including phenoxy) is 2. The highest BCUT2D eigenvalue weighted by atomic mass is 35.5. The van der Waals surface area contributed by atoms with E-state index in [1.165, 1.54) is 6.92 Å². The summed E-state index contributed by atoms with van der Waals surface area (Å²) in [4.78, 5) is 29.1. The highest BCUT2D eigenvalue weighted by Crippen LogP contribution is 2.30. The summed E-state index contributed by atoms with van der Waals surface area (Å²) >= 11 is 12.8. The molecule has 2 fully saturated rings. The number of rotatable bonds is 8. The van der Waals surface area contributed by atoms with Crippen LogP contribution in [-0.4, -0.2) is 72.6 Å². The van der Waals surface area contributed by atoms with Crippen LogP contribution in [0.2, 0.25) is 10.0 Å². The molecule has 2 amide bonds. The monoisotopic (exact) mass is 561 g/mol. The highest BCUT2D eigenvalue weighted by molar-refractivity contribution is 6.32. The van der Waals surface area contributed by atoms with Crippen LogP contribution >= 0.6 is 23.2 Å². The molecule has 1 atom stereocenters. The number of carbonyl (C=O) groups excluding carboxylic acids is 2. The highest BCUT2D eigenvalue weighted by Gasteiger charge is 2.41. The maximum atomic E-state index is 13.5. The van der Waals surface area contributed by atoms with E-state index in [1.807, 2.05) is 55.1 Å². The van der Waals surface area contributed by atoms with Crippen molar-refractivity contribution in [2.75, 3.05) is 39.4 Å². The lowest BCUT2D eigenvalue weighted by molar-refractivity contribution is -0.157. The van der Waals surface area contributed by atoms with Crippen molar-refractivity contribution in [3.05, 3.63) is 63.1 Å². The lowest BCUT2D eigenvalue weighted by Gasteiger charge is -2.43. The van der Waals surface area contributed by atoms with E-state index >= 15 is 0 Å². The Morgan fingerprint density at radius 2 is 1.79 bits per heavy atom. The standard InChI is InChI=1S/C29H37Cl2N3O4/c1-20-14-25(15-21(2)28(20)31)37-19-29(16-27(36)34-10-8-24(9-11-34)32-22(3)35)18-33(12-13-38-29)17-23-6-4-5-7-26(23)30/h4-7,14-15,24H,8-13,16-19H2,1-3H3,(H,32,35)/t29-/m1/s1. The Morgan fingerprint density at radius 1 is 1.11 bits per heavy atom. The number of benzene rings is 2. The number of halogens is 2. The predicted octanol–water partition coefficient (Wildman–Crippen LogP) is 4.78. The number of morpholine rings is 1. The molecule has 2 aromatic rings. The molecule has 2 heterocycles. The van der Waals surface area contributed by atoms with Gasteiger partial charge in [0.05, 0.1) is 13.0 Å². The van der Waals surface area contributed by atoms with E-state index < -0.39 is 5.60 Å². The third-order valence-corrected chi connectivity index (χ3v) is 8.28. The molecule has 0 aromatic heterocycles. The minimum atomic E-state index is -0.813. The van der Waals surface area contributed by atoms with Gasteiger partial charge in [0.2, 0.25) is 11.8 Å². The van der Waals surface area contributed by atoms with E-state index in [4.69, 9.17) is 32.7 Å². The number of piperidine rings is 1. The van der Waals surface area contributed by atoms with Gasteiger partial charge in [-0.2, -0.15) is 0 Å². The number of nitrogens with zero attached hydrogens (tertiary/aromatic N) is 2. The van der Waals surface area contributed by atoms with Crippen molar-refractivity contribution in [1.82, 2.24) is 15.1 Å². The van der Waals surface area contributed by atoms with Crippen LogP contribution in [0, 0.1) is 13.8 Å². The van der Waals surface area contributed by atoms with Crippen LogP contribution in [0.3, 0.4) is 0 Å². The molecule has 1 N–H and O–H groups in total. The molecule has 9 heteroatoms. The van der Waals surface area contributed by atoms with Crippen molar-refractivity contribution in [2.24, 2.45) is 0 Å². The molecule has 206 valence electrons. The van der Waals surface area contributed by atoms with Crippen LogP contribution in [-0.2, 0) is 20.9 Å². The predicted molar refractivity (Wildman–Crippen MR) is 150 cm³/mol. The zero-order valence-electron chi connectivity index (χ0n) is 22.4. The van der Waals surface area contributed by atoms with Gasteiger partial charge < -0.3 is 19.7 Å². The largest absolute Gasteiger partial charge is 0.490 e. The van der Waals surface area contributed by atoms with Gasteiger partial charge in [-0.3, -0.25) is 14.5 Å². The molecule has 2 aromatic carbocycles. The fraction of sp³-hybridized carbons (Fsp3) is 0.517. The zero-order chi connectivity index (χ0) is 27.3. The number of likely N-dealkylation sites (tertiary alicyclic amines) is 1. The van der Waals surface area contributed by atoms with Crippen LogP contribution in [0.25, 0.3) is 0 Å². The first-order valence-corrected chi connectivity index (χ1v) is 13.9. The molecule has 2 saturated heterocycles. The molecule has 0 saturated carbocycles. The normalized spacial score (nSPS) is 20.8. The van der Waals surface area contributed by atoms with Gasteiger partial charge in [-0.1, -0.05) is 41.4 Å². The van der Waals surface area contributed by atoms with E-state index in [-0.39, 0.29) is 30.9 Å². The first-order valence-electron chi connectivity index (χ1n) is 13.2. The van der Waals surface area contributed by atoms with Gasteiger partial charge in [0.1, 0.15) is 18.0 Å². The van der Waals surface area contributed by atoms with Crippen molar-refractivity contribution in [2.45, 2.75) is 58.2 Å². The summed E-state index contributed by atoms with van der Waals surface area (Å²) in [5.41, 5.74) is 2.12. The summed E-state index contributed by atoms with van der Waals surface area (Å²) < 4.78 is 12.7. The van der Waals surface area contributed by atoms with Gasteiger partial charge in [0.15, 0.2) is 0 Å². The van der Waals surface area contributed by atoms with E-state index in [0.717, 1.165) is 46.1 Å². The molecule has 2 aliphatic heterocycles. The smallest absolute Gasteiger partial charge is 0.225 e. The minimum absolute atomic E-state index is 0.0345. The summed E-state index contributed by atoms with van der Waals surface area (Å²) in [6, 6.07) is 11.8. The van der Waals surface area contributed by atoms with Gasteiger partial charge in [-0.15, -0.1) is 0 Å². The van der Waals surface area contributed by atoms with E-state index in [9.17, 15) is 9.59 Å². The molecule has 7 nitrogen and oxygen atoms in total. The Labute approximate surface area is 235 Å². The van der Waals surface area contributed by atoms with Crippen LogP contribution in [0.1, 0.15) is 42.9 Å². The molecule has 0 radical (unpaired) electrons. The second-order valence-corrected chi connectivity index (χ2v) is 11.3. The Kier molecular flexibility index (Phi) is 9.58. The number of nitrogens with one attached hydrogen (secondary N) is 1. The Morgan fingerprint density at radius 3 is 2.45 bits per heavy atom. The third-order valence-electron chi connectivity index (χ3n) is 7.32. The lowest BCUT2D eigenvalue weighted by atomic mass is 9.95. The van der Waals surface area contributed by atoms with E-state index in [0.29, 0.717) is 38.5 Å². The molecule has 0 aliphatic carbocycles. The third kappa shape index (κ3) is 7.41. The lowest BCUT2D eigenvalue weighted by Crippen LogP contribution is -2.57. The van der Waals surface area contributed by atoms with Crippen molar-refractivity contribution in [3.63, 3.8) is 0 Å². The van der Waals surface area contributed by atoms with Crippen LogP contribution in [0.15, 0.2) is 36.4 Å². The van der Waals surface area contributed by atoms with Gasteiger partial charge in [0, 0.05) is 55.7 Å². The van der Waals surface area contributed by atoms with E-state index in [2.05, 4.69) is 10.2 Å². The van der Waals surface area contributed by atoms with E-state index in [1.54, 1.807) is 0 Å². The zero-order valence-corrected chi connectivity index (χ0v) is 23.9. The van der Waals surface area contributed by atoms with Crippen molar-refractivity contribution < 1.29 is 19.1 Å². The SMILES string of the molecule is CC(=O)NC1CCN(C(=O)C[C@]2(COc3cc(C)c(Cl)c(C)c3)CN(Cc3ccccc3Cl)CCO2)CC1. The average molecular weight is 563 g/mol. The fourth-order valence-corrected chi connectivity index (χ4v) is 5.63. The topological polar surface area (TPSA) is 71.1 Å². The minimum Gasteiger partial charge on any atom is -0.490 e. The second kappa shape index (κ2) is 12.7. The van der Waals surface area contributed by atoms with Crippen molar-refractivity contribution in [3.8, 4) is 5.75 Å². The number of hydrogen-bond acceptors (Lipinski definition) is 5. The number of hydrogen-bond donors (Lipinski definition) is 1. The molecule has 4 rings (SSSR count). The molecular formula is C29H37Cl2N3O4. The molecule has 0 unspecified atom stereocenters. The Bertz CT molecular complexity index is 1130. The number of aryl methyl sites for hydroxylation is 2. The summed E-state index contributed by atoms with van der Waals surface area (Å²) in [5.74, 6) is 0.713. The van der Waals surface area contributed by atoms with Crippen molar-refractivity contribution >= 4 is 35.0 Å². The molecule has 0 bridgehead atoms. The van der Waals surface area contributed by atoms with Crippen LogP contribution in [0.5, 0.6) is 5.75 Å². The van der Waals surface area contributed by atoms with Crippen LogP contribution < -0.4 is 10.1 Å². The maximum absolute atomic E-state index is 13.5. The van der Waals surface area contributed by atoms with Crippen molar-refractivity contribution in [1.29, 1.82) is 0 Å². The number of carbonyl (C=O) groups is 2. The fourth-order valence-electron chi connectivity index (χ4n) is 5.32. The molecule has 38 heavy (non-hydrogen) atoms. The molecule has 0 spiro atoms. The van der Waals surface area contributed by atoms with Crippen LogP contribution in [0.4, 0.5) is 0 Å². The summed E-state index contributed by atoms with van der Waals surface area (Å²) in [7, 11) is 0. The number of amides is 2. The Balaban J connectivity index is 1.49. The summed E-state index contributed by atoms with van der Waals surface area (Å²) in [5, 5.41) is 4.42. The Hall–Kier alpha value is -2.32. The average Bonchev–Trinajstić information content (AvgIpc) is 2.87. The summed E-state index contributed by atoms with van der Waals surface area (Å²) in [6.45, 7) is 9.33. The molecular weight excluding hydrogens is 525 g/mol. The molecule has 2 aliphatic rings.